The fraction of sp³-hybridized carbons (Fsp3) is 0.250. The van der Waals surface area contributed by atoms with Crippen LogP contribution in [0, 0.1) is 0 Å². The van der Waals surface area contributed by atoms with Gasteiger partial charge in [-0.1, -0.05) is 36.0 Å². The Morgan fingerprint density at radius 3 is 2.78 bits per heavy atom. The van der Waals surface area contributed by atoms with Gasteiger partial charge in [-0.25, -0.2) is 0 Å². The first-order chi connectivity index (χ1) is 15.7. The molecule has 1 aliphatic rings. The van der Waals surface area contributed by atoms with Crippen molar-refractivity contribution in [1.29, 1.82) is 0 Å². The van der Waals surface area contributed by atoms with E-state index in [0.717, 1.165) is 24.3 Å². The van der Waals surface area contributed by atoms with Crippen molar-refractivity contribution in [1.82, 2.24) is 24.6 Å². The van der Waals surface area contributed by atoms with Crippen LogP contribution in [0.2, 0.25) is 0 Å². The largest absolute Gasteiger partial charge is 0.467 e. The zero-order chi connectivity index (χ0) is 21.9. The molecule has 0 fully saturated rings. The zero-order valence-corrected chi connectivity index (χ0v) is 18.5. The van der Waals surface area contributed by atoms with Crippen LogP contribution in [0.3, 0.4) is 0 Å². The van der Waals surface area contributed by atoms with Crippen LogP contribution < -0.4 is 0 Å². The number of nitrogens with zero attached hydrogens (tertiary/aromatic N) is 5. The van der Waals surface area contributed by atoms with Crippen LogP contribution in [0.15, 0.2) is 76.8 Å². The third-order valence-corrected chi connectivity index (χ3v) is 6.67. The van der Waals surface area contributed by atoms with E-state index in [4.69, 9.17) is 4.42 Å². The van der Waals surface area contributed by atoms with E-state index in [1.54, 1.807) is 18.7 Å². The summed E-state index contributed by atoms with van der Waals surface area (Å²) in [7, 11) is 0. The molecule has 1 atom stereocenters. The fourth-order valence-corrected chi connectivity index (χ4v) is 4.87. The van der Waals surface area contributed by atoms with E-state index in [9.17, 15) is 4.79 Å². The Bertz CT molecular complexity index is 1210. The fourth-order valence-electron chi connectivity index (χ4n) is 3.93. The average molecular weight is 446 g/mol. The van der Waals surface area contributed by atoms with Crippen LogP contribution in [0.25, 0.3) is 11.4 Å². The van der Waals surface area contributed by atoms with E-state index >= 15 is 0 Å². The molecule has 8 heteroatoms. The summed E-state index contributed by atoms with van der Waals surface area (Å²) in [6.07, 6.45) is 6.02. The molecule has 0 N–H and O–H groups in total. The number of thioether (sulfide) groups is 1. The number of hydrogen-bond acceptors (Lipinski definition) is 6. The first-order valence-electron chi connectivity index (χ1n) is 10.6. The smallest absolute Gasteiger partial charge is 0.236 e. The molecule has 0 bridgehead atoms. The van der Waals surface area contributed by atoms with Gasteiger partial charge in [0.05, 0.1) is 18.1 Å². The standard InChI is InChI=1S/C24H23N5O2S/c1-17(23(30)28-12-10-18-6-2-3-7-20(18)15-28)32-24-27-26-22(19-8-4-11-25-14-19)29(24)16-21-9-5-13-31-21/h2-9,11,13-14,17H,10,12,15-16H2,1H3/t17-/m1/s1. The van der Waals surface area contributed by atoms with Gasteiger partial charge in [-0.2, -0.15) is 0 Å². The lowest BCUT2D eigenvalue weighted by molar-refractivity contribution is -0.131. The average Bonchev–Trinajstić information content (AvgIpc) is 3.49. The van der Waals surface area contributed by atoms with Gasteiger partial charge in [-0.15, -0.1) is 10.2 Å². The highest BCUT2D eigenvalue weighted by molar-refractivity contribution is 8.00. The van der Waals surface area contributed by atoms with Crippen LogP contribution in [0.4, 0.5) is 0 Å². The number of pyridine rings is 1. The summed E-state index contributed by atoms with van der Waals surface area (Å²) in [5, 5.41) is 9.21. The minimum Gasteiger partial charge on any atom is -0.467 e. The molecule has 1 aliphatic heterocycles. The zero-order valence-electron chi connectivity index (χ0n) is 17.7. The summed E-state index contributed by atoms with van der Waals surface area (Å²) in [6.45, 7) is 3.80. The predicted molar refractivity (Wildman–Crippen MR) is 122 cm³/mol. The highest BCUT2D eigenvalue weighted by Crippen LogP contribution is 2.29. The Morgan fingerprint density at radius 1 is 1.12 bits per heavy atom. The number of aromatic nitrogens is 4. The van der Waals surface area contributed by atoms with Gasteiger partial charge in [0.25, 0.3) is 0 Å². The van der Waals surface area contributed by atoms with Crippen molar-refractivity contribution in [3.05, 3.63) is 84.1 Å². The summed E-state index contributed by atoms with van der Waals surface area (Å²) >= 11 is 1.43. The maximum absolute atomic E-state index is 13.2. The molecule has 0 unspecified atom stereocenters. The first-order valence-corrected chi connectivity index (χ1v) is 11.4. The van der Waals surface area contributed by atoms with Gasteiger partial charge in [-0.05, 0) is 48.7 Å². The maximum Gasteiger partial charge on any atom is 0.236 e. The van der Waals surface area contributed by atoms with Gasteiger partial charge < -0.3 is 9.32 Å². The number of amides is 1. The minimum absolute atomic E-state index is 0.111. The maximum atomic E-state index is 13.2. The lowest BCUT2D eigenvalue weighted by Gasteiger charge is -2.30. The number of hydrogen-bond donors (Lipinski definition) is 0. The number of rotatable bonds is 6. The second-order valence-corrected chi connectivity index (χ2v) is 9.06. The van der Waals surface area contributed by atoms with Crippen molar-refractivity contribution < 1.29 is 9.21 Å². The van der Waals surface area contributed by atoms with Crippen molar-refractivity contribution >= 4 is 17.7 Å². The SMILES string of the molecule is C[C@@H](Sc1nnc(-c2cccnc2)n1Cc1ccco1)C(=O)N1CCc2ccccc2C1. The van der Waals surface area contributed by atoms with Crippen molar-refractivity contribution in [2.45, 2.75) is 36.8 Å². The topological polar surface area (TPSA) is 77.0 Å². The number of furan rings is 1. The molecular weight excluding hydrogens is 422 g/mol. The van der Waals surface area contributed by atoms with Gasteiger partial charge in [0, 0.05) is 31.0 Å². The molecule has 0 radical (unpaired) electrons. The molecule has 0 aliphatic carbocycles. The van der Waals surface area contributed by atoms with Crippen LogP contribution in [-0.4, -0.2) is 42.4 Å². The Hall–Kier alpha value is -3.39. The Balaban J connectivity index is 1.37. The molecule has 1 aromatic carbocycles. The van der Waals surface area contributed by atoms with E-state index in [2.05, 4.69) is 33.4 Å². The molecule has 4 heterocycles. The van der Waals surface area contributed by atoms with Crippen LogP contribution >= 0.6 is 11.8 Å². The van der Waals surface area contributed by atoms with E-state index in [-0.39, 0.29) is 11.2 Å². The molecule has 7 nitrogen and oxygen atoms in total. The second kappa shape index (κ2) is 9.00. The molecule has 3 aromatic heterocycles. The molecule has 1 amide bonds. The molecule has 5 rings (SSSR count). The molecule has 32 heavy (non-hydrogen) atoms. The number of benzene rings is 1. The molecular formula is C24H23N5O2S. The third kappa shape index (κ3) is 4.18. The second-order valence-electron chi connectivity index (χ2n) is 7.75. The van der Waals surface area contributed by atoms with Crippen molar-refractivity contribution in [3.8, 4) is 11.4 Å². The third-order valence-electron chi connectivity index (χ3n) is 5.60. The van der Waals surface area contributed by atoms with Crippen molar-refractivity contribution in [2.24, 2.45) is 0 Å². The molecule has 0 saturated heterocycles. The number of carbonyl (C=O) groups is 1. The van der Waals surface area contributed by atoms with Crippen molar-refractivity contribution in [3.63, 3.8) is 0 Å². The highest BCUT2D eigenvalue weighted by atomic mass is 32.2. The number of carbonyl (C=O) groups excluding carboxylic acids is 1. The minimum atomic E-state index is -0.290. The van der Waals surface area contributed by atoms with E-state index in [1.165, 1.54) is 22.9 Å². The van der Waals surface area contributed by atoms with Gasteiger partial charge in [0.2, 0.25) is 5.91 Å². The van der Waals surface area contributed by atoms with Gasteiger partial charge in [0.15, 0.2) is 11.0 Å². The number of fused-ring (bicyclic) bond motifs is 1. The van der Waals surface area contributed by atoms with E-state index in [1.807, 2.05) is 46.7 Å². The molecule has 4 aromatic rings. The van der Waals surface area contributed by atoms with Crippen LogP contribution in [-0.2, 0) is 24.3 Å². The Morgan fingerprint density at radius 2 is 2.00 bits per heavy atom. The first kappa shape index (κ1) is 20.5. The summed E-state index contributed by atoms with van der Waals surface area (Å²) in [5.74, 6) is 1.60. The van der Waals surface area contributed by atoms with E-state index < -0.39 is 0 Å². The van der Waals surface area contributed by atoms with E-state index in [0.29, 0.717) is 24.1 Å². The lowest BCUT2D eigenvalue weighted by atomic mass is 10.00. The molecule has 0 saturated carbocycles. The predicted octanol–water partition coefficient (Wildman–Crippen LogP) is 4.05. The van der Waals surface area contributed by atoms with Gasteiger partial charge >= 0.3 is 0 Å². The van der Waals surface area contributed by atoms with Crippen LogP contribution in [0.5, 0.6) is 0 Å². The summed E-state index contributed by atoms with van der Waals surface area (Å²) < 4.78 is 7.54. The highest BCUT2D eigenvalue weighted by Gasteiger charge is 2.27. The summed E-state index contributed by atoms with van der Waals surface area (Å²) in [4.78, 5) is 19.4. The Labute approximate surface area is 190 Å². The quantitative estimate of drug-likeness (QED) is 0.417. The van der Waals surface area contributed by atoms with Gasteiger partial charge in [0.1, 0.15) is 5.76 Å². The van der Waals surface area contributed by atoms with Gasteiger partial charge in [-0.3, -0.25) is 14.3 Å². The van der Waals surface area contributed by atoms with Crippen molar-refractivity contribution in [2.75, 3.05) is 6.54 Å². The summed E-state index contributed by atoms with van der Waals surface area (Å²) in [6, 6.07) is 15.9. The Kier molecular flexibility index (Phi) is 5.77. The molecule has 162 valence electrons. The van der Waals surface area contributed by atoms with Crippen LogP contribution in [0.1, 0.15) is 23.8 Å². The summed E-state index contributed by atoms with van der Waals surface area (Å²) in [5.41, 5.74) is 3.42. The lowest BCUT2D eigenvalue weighted by Crippen LogP contribution is -2.40. The normalized spacial score (nSPS) is 14.2. The monoisotopic (exact) mass is 445 g/mol. The molecule has 0 spiro atoms.